The highest BCUT2D eigenvalue weighted by Gasteiger charge is 2.14. The molecule has 0 bridgehead atoms. The Morgan fingerprint density at radius 1 is 0.880 bits per heavy atom. The van der Waals surface area contributed by atoms with E-state index in [1.54, 1.807) is 0 Å². The quantitative estimate of drug-likeness (QED) is 0.268. The number of nitrogens with zero attached hydrogens (tertiary/aromatic N) is 2. The van der Waals surface area contributed by atoms with Gasteiger partial charge in [0.15, 0.2) is 0 Å². The molecule has 1 heterocycles. The Balaban J connectivity index is 1.83. The van der Waals surface area contributed by atoms with Crippen LogP contribution in [0.4, 0.5) is 0 Å². The third-order valence-electron chi connectivity index (χ3n) is 5.06. The predicted molar refractivity (Wildman–Crippen MR) is 110 cm³/mol. The van der Waals surface area contributed by atoms with E-state index >= 15 is 0 Å². The van der Waals surface area contributed by atoms with Crippen molar-refractivity contribution in [2.75, 3.05) is 26.2 Å². The van der Waals surface area contributed by atoms with Gasteiger partial charge in [-0.25, -0.2) is 0 Å². The SMILES string of the molecule is CCCCCCCCCCC/C=C/CCCCC1=NCCN1CCO. The van der Waals surface area contributed by atoms with Crippen LogP contribution in [0.1, 0.15) is 96.8 Å². The molecule has 146 valence electrons. The molecule has 0 aliphatic carbocycles. The number of rotatable bonds is 17. The Morgan fingerprint density at radius 3 is 2.12 bits per heavy atom. The zero-order valence-electron chi connectivity index (χ0n) is 16.7. The maximum Gasteiger partial charge on any atom is 0.0991 e. The van der Waals surface area contributed by atoms with Gasteiger partial charge in [0.2, 0.25) is 0 Å². The number of aliphatic hydroxyl groups is 1. The highest BCUT2D eigenvalue weighted by Crippen LogP contribution is 2.12. The van der Waals surface area contributed by atoms with Crippen molar-refractivity contribution in [3.63, 3.8) is 0 Å². The summed E-state index contributed by atoms with van der Waals surface area (Å²) in [6.45, 7) is 5.17. The van der Waals surface area contributed by atoms with Crippen LogP contribution >= 0.6 is 0 Å². The van der Waals surface area contributed by atoms with Gasteiger partial charge in [0, 0.05) is 19.5 Å². The molecule has 1 N–H and O–H groups in total. The van der Waals surface area contributed by atoms with Crippen molar-refractivity contribution in [1.82, 2.24) is 4.90 Å². The number of allylic oxidation sites excluding steroid dienone is 2. The molecule has 1 aliphatic rings. The molecule has 0 atom stereocenters. The van der Waals surface area contributed by atoms with Gasteiger partial charge in [-0.05, 0) is 32.1 Å². The Bertz CT molecular complexity index is 352. The number of hydrogen-bond acceptors (Lipinski definition) is 3. The summed E-state index contributed by atoms with van der Waals surface area (Å²) in [6.07, 6.45) is 23.4. The molecule has 3 heteroatoms. The molecule has 1 rings (SSSR count). The number of hydrogen-bond donors (Lipinski definition) is 1. The molecule has 0 saturated carbocycles. The van der Waals surface area contributed by atoms with Gasteiger partial charge >= 0.3 is 0 Å². The summed E-state index contributed by atoms with van der Waals surface area (Å²) in [5, 5.41) is 9.04. The van der Waals surface area contributed by atoms with Crippen molar-refractivity contribution in [2.45, 2.75) is 96.8 Å². The van der Waals surface area contributed by atoms with E-state index in [1.165, 1.54) is 89.3 Å². The number of aliphatic imine (C=N–C) groups is 1. The fourth-order valence-electron chi connectivity index (χ4n) is 3.48. The van der Waals surface area contributed by atoms with Crippen LogP contribution < -0.4 is 0 Å². The molecule has 0 unspecified atom stereocenters. The minimum Gasteiger partial charge on any atom is -0.395 e. The zero-order valence-corrected chi connectivity index (χ0v) is 16.7. The van der Waals surface area contributed by atoms with E-state index in [9.17, 15) is 0 Å². The maximum atomic E-state index is 9.04. The molecule has 3 nitrogen and oxygen atoms in total. The summed E-state index contributed by atoms with van der Waals surface area (Å²) in [6, 6.07) is 0. The van der Waals surface area contributed by atoms with Crippen LogP contribution in [-0.2, 0) is 0 Å². The van der Waals surface area contributed by atoms with Gasteiger partial charge in [0.25, 0.3) is 0 Å². The summed E-state index contributed by atoms with van der Waals surface area (Å²) in [5.41, 5.74) is 0. The topological polar surface area (TPSA) is 35.8 Å². The normalized spacial score (nSPS) is 14.6. The van der Waals surface area contributed by atoms with Crippen molar-refractivity contribution in [3.05, 3.63) is 12.2 Å². The van der Waals surface area contributed by atoms with E-state index in [4.69, 9.17) is 5.11 Å². The van der Waals surface area contributed by atoms with E-state index in [-0.39, 0.29) is 6.61 Å². The molecule has 0 aromatic heterocycles. The highest BCUT2D eigenvalue weighted by molar-refractivity contribution is 5.83. The van der Waals surface area contributed by atoms with Crippen LogP contribution in [0.15, 0.2) is 17.1 Å². The summed E-state index contributed by atoms with van der Waals surface area (Å²) >= 11 is 0. The van der Waals surface area contributed by atoms with Crippen LogP contribution in [0.2, 0.25) is 0 Å². The van der Waals surface area contributed by atoms with Crippen LogP contribution in [0.3, 0.4) is 0 Å². The lowest BCUT2D eigenvalue weighted by molar-refractivity contribution is 0.255. The molecule has 0 aromatic rings. The highest BCUT2D eigenvalue weighted by atomic mass is 16.3. The predicted octanol–water partition coefficient (Wildman–Crippen LogP) is 5.73. The third-order valence-corrected chi connectivity index (χ3v) is 5.06. The number of aliphatic hydroxyl groups excluding tert-OH is 1. The Hall–Kier alpha value is -0.830. The monoisotopic (exact) mass is 350 g/mol. The van der Waals surface area contributed by atoms with Gasteiger partial charge in [-0.1, -0.05) is 70.4 Å². The Morgan fingerprint density at radius 2 is 1.48 bits per heavy atom. The molecular formula is C22H42N2O. The van der Waals surface area contributed by atoms with Crippen LogP contribution in [0.5, 0.6) is 0 Å². The molecule has 0 aromatic carbocycles. The van der Waals surface area contributed by atoms with Gasteiger partial charge in [-0.2, -0.15) is 0 Å². The summed E-state index contributed by atoms with van der Waals surface area (Å²) in [4.78, 5) is 6.79. The smallest absolute Gasteiger partial charge is 0.0991 e. The van der Waals surface area contributed by atoms with Gasteiger partial charge in [-0.3, -0.25) is 4.99 Å². The van der Waals surface area contributed by atoms with E-state index < -0.39 is 0 Å². The fourth-order valence-corrected chi connectivity index (χ4v) is 3.48. The lowest BCUT2D eigenvalue weighted by Crippen LogP contribution is -2.30. The average Bonchev–Trinajstić information content (AvgIpc) is 3.06. The second-order valence-electron chi connectivity index (χ2n) is 7.34. The number of unbranched alkanes of at least 4 members (excludes halogenated alkanes) is 11. The van der Waals surface area contributed by atoms with Gasteiger partial charge < -0.3 is 10.0 Å². The first kappa shape index (κ1) is 22.2. The lowest BCUT2D eigenvalue weighted by atomic mass is 10.1. The van der Waals surface area contributed by atoms with E-state index in [0.717, 1.165) is 26.1 Å². The first-order chi connectivity index (χ1) is 12.4. The van der Waals surface area contributed by atoms with Crippen LogP contribution in [0.25, 0.3) is 0 Å². The minimum absolute atomic E-state index is 0.237. The van der Waals surface area contributed by atoms with Crippen molar-refractivity contribution in [3.8, 4) is 0 Å². The number of amidine groups is 1. The largest absolute Gasteiger partial charge is 0.395 e. The molecule has 25 heavy (non-hydrogen) atoms. The Kier molecular flexibility index (Phi) is 14.8. The van der Waals surface area contributed by atoms with Gasteiger partial charge in [0.05, 0.1) is 19.0 Å². The molecular weight excluding hydrogens is 308 g/mol. The van der Waals surface area contributed by atoms with Crippen molar-refractivity contribution >= 4 is 5.84 Å². The summed E-state index contributed by atoms with van der Waals surface area (Å²) < 4.78 is 0. The molecule has 0 radical (unpaired) electrons. The fraction of sp³-hybridized carbons (Fsp3) is 0.864. The lowest BCUT2D eigenvalue weighted by Gasteiger charge is -2.18. The summed E-state index contributed by atoms with van der Waals surface area (Å²) in [7, 11) is 0. The zero-order chi connectivity index (χ0) is 18.0. The second kappa shape index (κ2) is 16.6. The maximum absolute atomic E-state index is 9.04. The average molecular weight is 351 g/mol. The van der Waals surface area contributed by atoms with Gasteiger partial charge in [-0.15, -0.1) is 0 Å². The molecule has 0 saturated heterocycles. The van der Waals surface area contributed by atoms with Crippen LogP contribution in [0, 0.1) is 0 Å². The molecule has 0 spiro atoms. The number of β-amino-alcohol motifs (C(OH)–C–C–N with tert-alkyl or cyclic N) is 1. The van der Waals surface area contributed by atoms with Crippen molar-refractivity contribution < 1.29 is 5.11 Å². The van der Waals surface area contributed by atoms with E-state index in [1.807, 2.05) is 0 Å². The van der Waals surface area contributed by atoms with E-state index in [2.05, 4.69) is 29.0 Å². The van der Waals surface area contributed by atoms with Crippen molar-refractivity contribution in [1.29, 1.82) is 0 Å². The minimum atomic E-state index is 0.237. The molecule has 0 fully saturated rings. The third kappa shape index (κ3) is 12.2. The van der Waals surface area contributed by atoms with E-state index in [0.29, 0.717) is 0 Å². The first-order valence-corrected chi connectivity index (χ1v) is 10.9. The molecule has 1 aliphatic heterocycles. The van der Waals surface area contributed by atoms with Crippen LogP contribution in [-0.4, -0.2) is 42.1 Å². The molecule has 0 amide bonds. The standard InChI is InChI=1S/C22H42N2O/c1-2-3-4-5-6-7-8-9-10-11-12-13-14-15-16-17-22-23-18-19-24(22)20-21-25/h12-13,25H,2-11,14-21H2,1H3/b13-12+. The second-order valence-corrected chi connectivity index (χ2v) is 7.34. The van der Waals surface area contributed by atoms with Crippen molar-refractivity contribution in [2.24, 2.45) is 4.99 Å². The van der Waals surface area contributed by atoms with Gasteiger partial charge in [0.1, 0.15) is 0 Å². The first-order valence-electron chi connectivity index (χ1n) is 10.9. The Labute approximate surface area is 156 Å². The summed E-state index contributed by atoms with van der Waals surface area (Å²) in [5.74, 6) is 1.22.